The summed E-state index contributed by atoms with van der Waals surface area (Å²) in [7, 11) is 0. The van der Waals surface area contributed by atoms with Crippen molar-refractivity contribution in [2.24, 2.45) is 0 Å². The number of fused-ring (bicyclic) bond motifs is 1. The largest absolute Gasteiger partial charge is 0.365 e. The van der Waals surface area contributed by atoms with E-state index in [-0.39, 0.29) is 11.2 Å². The molecule has 1 N–H and O–H groups in total. The molecule has 5 rings (SSSR count). The van der Waals surface area contributed by atoms with Gasteiger partial charge in [-0.05, 0) is 18.2 Å². The van der Waals surface area contributed by atoms with Gasteiger partial charge in [-0.2, -0.15) is 0 Å². The highest BCUT2D eigenvalue weighted by molar-refractivity contribution is 7.17. The number of hydrogen-bond acceptors (Lipinski definition) is 8. The number of piperazine rings is 1. The minimum atomic E-state index is -0.441. The van der Waals surface area contributed by atoms with E-state index in [1.165, 1.54) is 6.07 Å². The molecule has 0 bridgehead atoms. The molecule has 1 aliphatic rings. The zero-order valence-corrected chi connectivity index (χ0v) is 17.2. The number of nitro groups is 1. The zero-order chi connectivity index (χ0) is 21.4. The molecular formula is C21H18N6O3S. The number of benzene rings is 2. The van der Waals surface area contributed by atoms with Gasteiger partial charge in [-0.15, -0.1) is 10.2 Å². The number of nitro benzene ring substituents is 1. The van der Waals surface area contributed by atoms with E-state index in [1.807, 2.05) is 30.3 Å². The van der Waals surface area contributed by atoms with E-state index in [4.69, 9.17) is 0 Å². The third kappa shape index (κ3) is 3.45. The Hall–Kier alpha value is -3.63. The van der Waals surface area contributed by atoms with Gasteiger partial charge in [0.1, 0.15) is 5.69 Å². The van der Waals surface area contributed by atoms with Gasteiger partial charge in [0.2, 0.25) is 5.13 Å². The van der Waals surface area contributed by atoms with Gasteiger partial charge < -0.3 is 10.2 Å². The fourth-order valence-corrected chi connectivity index (χ4v) is 4.69. The monoisotopic (exact) mass is 434 g/mol. The summed E-state index contributed by atoms with van der Waals surface area (Å²) in [6.07, 6.45) is 0. The SMILES string of the molecule is O=c1c(N2CCNCC2)cc2ccccc2n1-c1nnc(-c2ccccc2[N+](=O)[O-])s1. The van der Waals surface area contributed by atoms with Crippen LogP contribution in [0.1, 0.15) is 0 Å². The summed E-state index contributed by atoms with van der Waals surface area (Å²) in [5.41, 5.74) is 1.49. The Kier molecular flexibility index (Phi) is 4.92. The molecule has 0 saturated carbocycles. The highest BCUT2D eigenvalue weighted by Gasteiger charge is 2.22. The molecular weight excluding hydrogens is 416 g/mol. The first-order valence-electron chi connectivity index (χ1n) is 9.81. The van der Waals surface area contributed by atoms with Crippen molar-refractivity contribution < 1.29 is 4.92 Å². The first kappa shape index (κ1) is 19.3. The highest BCUT2D eigenvalue weighted by Crippen LogP contribution is 2.33. The van der Waals surface area contributed by atoms with Crippen molar-refractivity contribution in [2.45, 2.75) is 0 Å². The van der Waals surface area contributed by atoms with Crippen molar-refractivity contribution in [1.82, 2.24) is 20.1 Å². The number of para-hydroxylation sites is 2. The summed E-state index contributed by atoms with van der Waals surface area (Å²) in [5, 5.41) is 24.8. The highest BCUT2D eigenvalue weighted by atomic mass is 32.1. The van der Waals surface area contributed by atoms with E-state index >= 15 is 0 Å². The van der Waals surface area contributed by atoms with Crippen LogP contribution in [-0.4, -0.2) is 45.9 Å². The van der Waals surface area contributed by atoms with Crippen molar-refractivity contribution in [1.29, 1.82) is 0 Å². The maximum Gasteiger partial charge on any atom is 0.281 e. The van der Waals surface area contributed by atoms with Gasteiger partial charge >= 0.3 is 0 Å². The molecule has 0 radical (unpaired) electrons. The van der Waals surface area contributed by atoms with Crippen LogP contribution in [-0.2, 0) is 0 Å². The summed E-state index contributed by atoms with van der Waals surface area (Å²) in [6.45, 7) is 3.11. The van der Waals surface area contributed by atoms with Gasteiger partial charge in [-0.1, -0.05) is 41.7 Å². The molecule has 1 saturated heterocycles. The third-order valence-corrected chi connectivity index (χ3v) is 6.23. The number of nitrogens with zero attached hydrogens (tertiary/aromatic N) is 5. The van der Waals surface area contributed by atoms with Gasteiger partial charge in [0.25, 0.3) is 11.2 Å². The number of nitrogens with one attached hydrogen (secondary N) is 1. The molecule has 0 unspecified atom stereocenters. The molecule has 0 amide bonds. The van der Waals surface area contributed by atoms with Crippen molar-refractivity contribution in [2.75, 3.05) is 31.1 Å². The van der Waals surface area contributed by atoms with Crippen LogP contribution in [0.25, 0.3) is 26.6 Å². The van der Waals surface area contributed by atoms with Crippen molar-refractivity contribution >= 4 is 33.6 Å². The van der Waals surface area contributed by atoms with Crippen LogP contribution in [0.3, 0.4) is 0 Å². The van der Waals surface area contributed by atoms with Gasteiger partial charge in [0, 0.05) is 37.6 Å². The second-order valence-corrected chi connectivity index (χ2v) is 8.09. The van der Waals surface area contributed by atoms with Crippen LogP contribution in [0.5, 0.6) is 0 Å². The van der Waals surface area contributed by atoms with Gasteiger partial charge in [-0.25, -0.2) is 4.57 Å². The number of aromatic nitrogens is 3. The minimum absolute atomic E-state index is 0.0445. The third-order valence-electron chi connectivity index (χ3n) is 5.29. The Labute approximate surface area is 180 Å². The lowest BCUT2D eigenvalue weighted by Gasteiger charge is -2.29. The van der Waals surface area contributed by atoms with E-state index in [2.05, 4.69) is 20.4 Å². The Morgan fingerprint density at radius 1 is 1.03 bits per heavy atom. The molecule has 0 aliphatic carbocycles. The quantitative estimate of drug-likeness (QED) is 0.389. The van der Waals surface area contributed by atoms with Crippen molar-refractivity contribution in [3.8, 4) is 15.7 Å². The zero-order valence-electron chi connectivity index (χ0n) is 16.4. The summed E-state index contributed by atoms with van der Waals surface area (Å²) in [4.78, 5) is 26.6. The molecule has 2 aromatic heterocycles. The lowest BCUT2D eigenvalue weighted by Crippen LogP contribution is -2.45. The molecule has 0 spiro atoms. The summed E-state index contributed by atoms with van der Waals surface area (Å²) >= 11 is 1.16. The molecule has 156 valence electrons. The van der Waals surface area contributed by atoms with Crippen LogP contribution in [0.15, 0.2) is 59.4 Å². The van der Waals surface area contributed by atoms with Crippen LogP contribution in [0.4, 0.5) is 11.4 Å². The Balaban J connectivity index is 1.69. The fourth-order valence-electron chi connectivity index (χ4n) is 3.80. The fraction of sp³-hybridized carbons (Fsp3) is 0.190. The Bertz CT molecular complexity index is 1340. The predicted octanol–water partition coefficient (Wildman–Crippen LogP) is 2.83. The molecule has 10 heteroatoms. The molecule has 4 aromatic rings. The molecule has 3 heterocycles. The number of anilines is 1. The minimum Gasteiger partial charge on any atom is -0.365 e. The van der Waals surface area contributed by atoms with Crippen LogP contribution < -0.4 is 15.8 Å². The van der Waals surface area contributed by atoms with E-state index in [0.29, 0.717) is 21.4 Å². The van der Waals surface area contributed by atoms with Gasteiger partial charge in [0.05, 0.1) is 16.0 Å². The first-order valence-corrected chi connectivity index (χ1v) is 10.6. The number of hydrogen-bond donors (Lipinski definition) is 1. The number of pyridine rings is 1. The Morgan fingerprint density at radius 2 is 1.77 bits per heavy atom. The van der Waals surface area contributed by atoms with E-state index in [1.54, 1.807) is 22.8 Å². The Morgan fingerprint density at radius 3 is 2.58 bits per heavy atom. The molecule has 0 atom stereocenters. The molecule has 9 nitrogen and oxygen atoms in total. The molecule has 2 aromatic carbocycles. The van der Waals surface area contributed by atoms with Crippen molar-refractivity contribution in [3.63, 3.8) is 0 Å². The maximum atomic E-state index is 13.5. The first-order chi connectivity index (χ1) is 15.1. The van der Waals surface area contributed by atoms with Crippen LogP contribution in [0, 0.1) is 10.1 Å². The average Bonchev–Trinajstić information content (AvgIpc) is 3.29. The standard InChI is InChI=1S/C21H18N6O3S/c28-20-18(25-11-9-22-10-12-25)13-14-5-1-3-7-16(14)26(20)21-24-23-19(31-21)15-6-2-4-8-17(15)27(29)30/h1-8,13,22H,9-12H2. The smallest absolute Gasteiger partial charge is 0.281 e. The van der Waals surface area contributed by atoms with E-state index in [9.17, 15) is 14.9 Å². The molecule has 1 aliphatic heterocycles. The summed E-state index contributed by atoms with van der Waals surface area (Å²) < 4.78 is 1.56. The van der Waals surface area contributed by atoms with Crippen LogP contribution in [0.2, 0.25) is 0 Å². The molecule has 1 fully saturated rings. The van der Waals surface area contributed by atoms with Gasteiger partial charge in [-0.3, -0.25) is 14.9 Å². The topological polar surface area (TPSA) is 106 Å². The van der Waals surface area contributed by atoms with E-state index < -0.39 is 4.92 Å². The normalized spacial score (nSPS) is 14.1. The van der Waals surface area contributed by atoms with Gasteiger partial charge in [0.15, 0.2) is 5.01 Å². The second-order valence-electron chi connectivity index (χ2n) is 7.13. The summed E-state index contributed by atoms with van der Waals surface area (Å²) in [5.74, 6) is 0. The van der Waals surface area contributed by atoms with E-state index in [0.717, 1.165) is 48.4 Å². The van der Waals surface area contributed by atoms with Crippen LogP contribution >= 0.6 is 11.3 Å². The second kappa shape index (κ2) is 7.89. The van der Waals surface area contributed by atoms with Crippen molar-refractivity contribution in [3.05, 3.63) is 75.1 Å². The molecule has 31 heavy (non-hydrogen) atoms. The summed E-state index contributed by atoms with van der Waals surface area (Å²) in [6, 6.07) is 15.9. The predicted molar refractivity (Wildman–Crippen MR) is 120 cm³/mol. The maximum absolute atomic E-state index is 13.5. The lowest BCUT2D eigenvalue weighted by atomic mass is 10.2. The number of rotatable bonds is 4. The lowest BCUT2D eigenvalue weighted by molar-refractivity contribution is -0.384. The average molecular weight is 434 g/mol.